The Morgan fingerprint density at radius 3 is 2.44 bits per heavy atom. The van der Waals surface area contributed by atoms with Crippen LogP contribution in [0.5, 0.6) is 0 Å². The van der Waals surface area contributed by atoms with Gasteiger partial charge in [0.15, 0.2) is 0 Å². The van der Waals surface area contributed by atoms with E-state index in [1.54, 1.807) is 7.05 Å². The first kappa shape index (κ1) is 19.8. The minimum atomic E-state index is -4.62. The number of aromatic nitrogens is 4. The van der Waals surface area contributed by atoms with Crippen LogP contribution in [0.2, 0.25) is 5.15 Å². The molecule has 1 fully saturated rings. The van der Waals surface area contributed by atoms with E-state index in [1.165, 1.54) is 21.4 Å². The van der Waals surface area contributed by atoms with Crippen molar-refractivity contribution in [2.75, 3.05) is 18.4 Å². The van der Waals surface area contributed by atoms with Crippen molar-refractivity contribution in [3.63, 3.8) is 0 Å². The molecule has 3 heterocycles. The summed E-state index contributed by atoms with van der Waals surface area (Å²) in [6, 6.07) is -0.182. The molecule has 0 bridgehead atoms. The molecule has 0 spiro atoms. The quantitative estimate of drug-likeness (QED) is 0.756. The highest BCUT2D eigenvalue weighted by Gasteiger charge is 2.35. The largest absolute Gasteiger partial charge is 0.420 e. The van der Waals surface area contributed by atoms with Gasteiger partial charge in [-0.1, -0.05) is 11.6 Å². The number of halogens is 4. The Kier molecular flexibility index (Phi) is 5.32. The molecule has 1 N–H and O–H groups in total. The zero-order valence-corrected chi connectivity index (χ0v) is 15.7. The molecular formula is C14H16ClF3N6O2S. The fourth-order valence-corrected chi connectivity index (χ4v) is 4.42. The summed E-state index contributed by atoms with van der Waals surface area (Å²) in [5.74, 6) is -0.0263. The highest BCUT2D eigenvalue weighted by molar-refractivity contribution is 7.89. The molecule has 0 amide bonds. The summed E-state index contributed by atoms with van der Waals surface area (Å²) < 4.78 is 65.9. The molecule has 1 aliphatic heterocycles. The molecule has 27 heavy (non-hydrogen) atoms. The van der Waals surface area contributed by atoms with Gasteiger partial charge in [0.2, 0.25) is 16.0 Å². The van der Waals surface area contributed by atoms with Crippen molar-refractivity contribution in [1.82, 2.24) is 24.1 Å². The third-order valence-corrected chi connectivity index (χ3v) is 6.29. The predicted molar refractivity (Wildman–Crippen MR) is 90.7 cm³/mol. The van der Waals surface area contributed by atoms with Gasteiger partial charge < -0.3 is 5.32 Å². The summed E-state index contributed by atoms with van der Waals surface area (Å²) in [7, 11) is -1.99. The van der Waals surface area contributed by atoms with E-state index in [0.717, 1.165) is 0 Å². The molecule has 3 rings (SSSR count). The molecule has 0 radical (unpaired) electrons. The van der Waals surface area contributed by atoms with E-state index in [-0.39, 0.29) is 30.0 Å². The summed E-state index contributed by atoms with van der Waals surface area (Å²) in [5.41, 5.74) is -1.10. The van der Waals surface area contributed by atoms with Gasteiger partial charge in [-0.2, -0.15) is 22.6 Å². The molecule has 2 aromatic rings. The summed E-state index contributed by atoms with van der Waals surface area (Å²) in [6.07, 6.45) is -0.389. The Hall–Kier alpha value is -1.92. The molecule has 8 nitrogen and oxygen atoms in total. The van der Waals surface area contributed by atoms with Gasteiger partial charge in [-0.3, -0.25) is 4.68 Å². The number of hydrogen-bond donors (Lipinski definition) is 1. The van der Waals surface area contributed by atoms with Crippen LogP contribution in [0.4, 0.5) is 19.1 Å². The molecule has 0 unspecified atom stereocenters. The van der Waals surface area contributed by atoms with Crippen molar-refractivity contribution in [1.29, 1.82) is 0 Å². The second-order valence-corrected chi connectivity index (χ2v) is 8.36. The number of sulfonamides is 1. The van der Waals surface area contributed by atoms with E-state index in [4.69, 9.17) is 11.6 Å². The Morgan fingerprint density at radius 2 is 1.93 bits per heavy atom. The smallest absolute Gasteiger partial charge is 0.351 e. The highest BCUT2D eigenvalue weighted by Crippen LogP contribution is 2.33. The van der Waals surface area contributed by atoms with Crippen LogP contribution in [-0.2, 0) is 23.2 Å². The van der Waals surface area contributed by atoms with E-state index < -0.39 is 26.9 Å². The van der Waals surface area contributed by atoms with Crippen LogP contribution in [0.25, 0.3) is 0 Å². The molecule has 0 aliphatic carbocycles. The van der Waals surface area contributed by atoms with E-state index in [9.17, 15) is 21.6 Å². The standard InChI is InChI=1S/C14H16ClF3N6O2S/c1-23-8-10(6-20-23)27(25,26)24-4-2-9(3-5-24)21-13-19-7-11(12(15)22-13)14(16,17)18/h6-9H,2-5H2,1H3,(H,19,21,22). The van der Waals surface area contributed by atoms with Gasteiger partial charge in [-0.15, -0.1) is 0 Å². The topological polar surface area (TPSA) is 93.0 Å². The Balaban J connectivity index is 1.62. The van der Waals surface area contributed by atoms with Crippen LogP contribution < -0.4 is 5.32 Å². The van der Waals surface area contributed by atoms with Crippen molar-refractivity contribution in [2.45, 2.75) is 30.0 Å². The van der Waals surface area contributed by atoms with Crippen LogP contribution in [0.1, 0.15) is 18.4 Å². The van der Waals surface area contributed by atoms with E-state index >= 15 is 0 Å². The second kappa shape index (κ2) is 7.24. The van der Waals surface area contributed by atoms with Crippen molar-refractivity contribution >= 4 is 27.6 Å². The summed E-state index contributed by atoms with van der Waals surface area (Å²) in [5, 5.41) is 6.09. The third-order valence-electron chi connectivity index (χ3n) is 4.15. The van der Waals surface area contributed by atoms with Crippen LogP contribution in [0.3, 0.4) is 0 Å². The van der Waals surface area contributed by atoms with Crippen LogP contribution in [-0.4, -0.2) is 51.6 Å². The van der Waals surface area contributed by atoms with Crippen molar-refractivity contribution < 1.29 is 21.6 Å². The average Bonchev–Trinajstić information content (AvgIpc) is 3.01. The number of nitrogens with one attached hydrogen (secondary N) is 1. The lowest BCUT2D eigenvalue weighted by Crippen LogP contribution is -2.42. The van der Waals surface area contributed by atoms with Gasteiger partial charge >= 0.3 is 6.18 Å². The van der Waals surface area contributed by atoms with Gasteiger partial charge in [0.25, 0.3) is 0 Å². The van der Waals surface area contributed by atoms with E-state index in [0.29, 0.717) is 19.0 Å². The van der Waals surface area contributed by atoms with E-state index in [1.807, 2.05) is 0 Å². The number of rotatable bonds is 4. The fourth-order valence-electron chi connectivity index (χ4n) is 2.72. The Labute approximate surface area is 158 Å². The number of anilines is 1. The van der Waals surface area contributed by atoms with Gasteiger partial charge in [0.1, 0.15) is 15.6 Å². The number of hydrogen-bond acceptors (Lipinski definition) is 6. The Bertz CT molecular complexity index is 925. The van der Waals surface area contributed by atoms with E-state index in [2.05, 4.69) is 20.4 Å². The van der Waals surface area contributed by atoms with Crippen molar-refractivity contribution in [3.8, 4) is 0 Å². The maximum atomic E-state index is 12.7. The van der Waals surface area contributed by atoms with Crippen LogP contribution >= 0.6 is 11.6 Å². The first-order valence-corrected chi connectivity index (χ1v) is 9.74. The summed E-state index contributed by atoms with van der Waals surface area (Å²) in [4.78, 5) is 7.40. The monoisotopic (exact) mass is 424 g/mol. The molecule has 0 saturated carbocycles. The van der Waals surface area contributed by atoms with Gasteiger partial charge in [-0.25, -0.2) is 18.4 Å². The average molecular weight is 425 g/mol. The maximum Gasteiger partial charge on any atom is 0.420 e. The minimum absolute atomic E-state index is 0.0263. The normalized spacial score (nSPS) is 17.2. The summed E-state index contributed by atoms with van der Waals surface area (Å²) >= 11 is 5.58. The summed E-state index contributed by atoms with van der Waals surface area (Å²) in [6.45, 7) is 0.506. The first-order valence-electron chi connectivity index (χ1n) is 7.92. The fraction of sp³-hybridized carbons (Fsp3) is 0.500. The first-order chi connectivity index (χ1) is 12.6. The number of alkyl halides is 3. The SMILES string of the molecule is Cn1cc(S(=O)(=O)N2CCC(Nc3ncc(C(F)(F)F)c(Cl)n3)CC2)cn1. The van der Waals surface area contributed by atoms with Gasteiger partial charge in [0, 0.05) is 38.6 Å². The predicted octanol–water partition coefficient (Wildman–Crippen LogP) is 2.15. The maximum absolute atomic E-state index is 12.7. The lowest BCUT2D eigenvalue weighted by atomic mass is 10.1. The molecule has 1 aliphatic rings. The number of piperidine rings is 1. The minimum Gasteiger partial charge on any atom is -0.351 e. The lowest BCUT2D eigenvalue weighted by molar-refractivity contribution is -0.137. The zero-order chi connectivity index (χ0) is 19.8. The van der Waals surface area contributed by atoms with Crippen LogP contribution in [0, 0.1) is 0 Å². The molecule has 0 atom stereocenters. The van der Waals surface area contributed by atoms with Gasteiger partial charge in [0.05, 0.1) is 6.20 Å². The lowest BCUT2D eigenvalue weighted by Gasteiger charge is -2.31. The molecule has 13 heteroatoms. The number of nitrogens with zero attached hydrogens (tertiary/aromatic N) is 5. The zero-order valence-electron chi connectivity index (χ0n) is 14.1. The Morgan fingerprint density at radius 1 is 1.26 bits per heavy atom. The molecule has 148 valence electrons. The van der Waals surface area contributed by atoms with Crippen LogP contribution in [0.15, 0.2) is 23.5 Å². The highest BCUT2D eigenvalue weighted by atomic mass is 35.5. The molecule has 0 aromatic carbocycles. The molecular weight excluding hydrogens is 409 g/mol. The van der Waals surface area contributed by atoms with Gasteiger partial charge in [-0.05, 0) is 12.8 Å². The molecule has 2 aromatic heterocycles. The third kappa shape index (κ3) is 4.33. The second-order valence-electron chi connectivity index (χ2n) is 6.07. The number of aryl methyl sites for hydroxylation is 1. The molecule has 1 saturated heterocycles. The van der Waals surface area contributed by atoms with Crippen molar-refractivity contribution in [3.05, 3.63) is 29.3 Å². The van der Waals surface area contributed by atoms with Crippen molar-refractivity contribution in [2.24, 2.45) is 7.05 Å².